The average Bonchev–Trinajstić information content (AvgIpc) is 2.83. The van der Waals surface area contributed by atoms with Crippen molar-refractivity contribution >= 4 is 33.5 Å². The predicted octanol–water partition coefficient (Wildman–Crippen LogP) is 3.61. The summed E-state index contributed by atoms with van der Waals surface area (Å²) in [6.07, 6.45) is 2.01. The molecule has 1 N–H and O–H groups in total. The summed E-state index contributed by atoms with van der Waals surface area (Å²) in [6, 6.07) is 5.64. The highest BCUT2D eigenvalue weighted by molar-refractivity contribution is 9.10. The van der Waals surface area contributed by atoms with Crippen LogP contribution in [0.3, 0.4) is 0 Å². The van der Waals surface area contributed by atoms with Gasteiger partial charge in [-0.05, 0) is 30.5 Å². The fourth-order valence-electron chi connectivity index (χ4n) is 1.90. The number of aliphatic carboxylic acids is 1. The zero-order valence-corrected chi connectivity index (χ0v) is 10.3. The van der Waals surface area contributed by atoms with E-state index in [4.69, 9.17) is 16.7 Å². The standard InChI is InChI=1S/C11H10BrClO2/c12-7-1-2-8(9(13)5-7)11(3-4-11)6-10(14)15/h1-2,5H,3-4,6H2,(H,14,15). The maximum atomic E-state index is 10.8. The van der Waals surface area contributed by atoms with Gasteiger partial charge in [-0.2, -0.15) is 0 Å². The minimum absolute atomic E-state index is 0.175. The molecule has 0 aliphatic heterocycles. The van der Waals surface area contributed by atoms with Crippen LogP contribution in [0.2, 0.25) is 5.02 Å². The third-order valence-corrected chi connectivity index (χ3v) is 3.65. The molecule has 1 aliphatic rings. The first-order valence-corrected chi connectivity index (χ1v) is 5.88. The highest BCUT2D eigenvalue weighted by atomic mass is 79.9. The van der Waals surface area contributed by atoms with Crippen LogP contribution < -0.4 is 0 Å². The van der Waals surface area contributed by atoms with E-state index in [-0.39, 0.29) is 11.8 Å². The molecule has 1 saturated carbocycles. The maximum absolute atomic E-state index is 10.8. The van der Waals surface area contributed by atoms with Gasteiger partial charge in [0, 0.05) is 14.9 Å². The first-order valence-electron chi connectivity index (χ1n) is 4.71. The lowest BCUT2D eigenvalue weighted by molar-refractivity contribution is -0.137. The van der Waals surface area contributed by atoms with E-state index in [1.54, 1.807) is 0 Å². The van der Waals surface area contributed by atoms with Gasteiger partial charge in [-0.25, -0.2) is 0 Å². The van der Waals surface area contributed by atoms with E-state index in [2.05, 4.69) is 15.9 Å². The van der Waals surface area contributed by atoms with Crippen molar-refractivity contribution in [3.8, 4) is 0 Å². The normalized spacial score (nSPS) is 17.5. The number of benzene rings is 1. The predicted molar refractivity (Wildman–Crippen MR) is 62.3 cm³/mol. The number of hydrogen-bond donors (Lipinski definition) is 1. The van der Waals surface area contributed by atoms with Crippen LogP contribution in [-0.2, 0) is 10.2 Å². The molecule has 1 aromatic carbocycles. The Morgan fingerprint density at radius 1 is 1.53 bits per heavy atom. The molecule has 2 rings (SSSR count). The molecule has 1 aromatic rings. The van der Waals surface area contributed by atoms with Crippen molar-refractivity contribution in [2.45, 2.75) is 24.7 Å². The molecule has 80 valence electrons. The van der Waals surface area contributed by atoms with E-state index in [0.717, 1.165) is 22.9 Å². The summed E-state index contributed by atoms with van der Waals surface area (Å²) in [6.45, 7) is 0. The third-order valence-electron chi connectivity index (χ3n) is 2.85. The van der Waals surface area contributed by atoms with Crippen molar-refractivity contribution in [2.75, 3.05) is 0 Å². The second-order valence-electron chi connectivity index (χ2n) is 3.98. The first kappa shape index (κ1) is 11.0. The van der Waals surface area contributed by atoms with Gasteiger partial charge in [0.05, 0.1) is 6.42 Å². The Balaban J connectivity index is 2.33. The second kappa shape index (κ2) is 3.80. The van der Waals surface area contributed by atoms with Gasteiger partial charge in [-0.15, -0.1) is 0 Å². The molecule has 0 spiro atoms. The van der Waals surface area contributed by atoms with Crippen molar-refractivity contribution < 1.29 is 9.90 Å². The zero-order chi connectivity index (χ0) is 11.1. The summed E-state index contributed by atoms with van der Waals surface area (Å²) in [7, 11) is 0. The van der Waals surface area contributed by atoms with Gasteiger partial charge in [0.1, 0.15) is 0 Å². The second-order valence-corrected chi connectivity index (χ2v) is 5.30. The molecule has 1 aliphatic carbocycles. The summed E-state index contributed by atoms with van der Waals surface area (Å²) in [5, 5.41) is 9.50. The van der Waals surface area contributed by atoms with Crippen LogP contribution in [0.25, 0.3) is 0 Å². The summed E-state index contributed by atoms with van der Waals surface area (Å²) in [5.74, 6) is -0.758. The quantitative estimate of drug-likeness (QED) is 0.923. The Morgan fingerprint density at radius 3 is 2.67 bits per heavy atom. The smallest absolute Gasteiger partial charge is 0.304 e. The number of carboxylic acid groups (broad SMARTS) is 1. The molecule has 0 heterocycles. The highest BCUT2D eigenvalue weighted by Crippen LogP contribution is 2.53. The Hall–Kier alpha value is -0.540. The van der Waals surface area contributed by atoms with Gasteiger partial charge in [0.25, 0.3) is 0 Å². The number of halogens is 2. The van der Waals surface area contributed by atoms with Crippen LogP contribution in [-0.4, -0.2) is 11.1 Å². The Bertz CT molecular complexity index is 413. The maximum Gasteiger partial charge on any atom is 0.304 e. The minimum Gasteiger partial charge on any atom is -0.481 e. The monoisotopic (exact) mass is 288 g/mol. The van der Waals surface area contributed by atoms with E-state index < -0.39 is 5.97 Å². The molecule has 4 heteroatoms. The molecule has 0 bridgehead atoms. The molecule has 0 saturated heterocycles. The van der Waals surface area contributed by atoms with Crippen LogP contribution in [0.5, 0.6) is 0 Å². The average molecular weight is 290 g/mol. The van der Waals surface area contributed by atoms with Crippen molar-refractivity contribution in [3.05, 3.63) is 33.3 Å². The molecular weight excluding hydrogens is 279 g/mol. The van der Waals surface area contributed by atoms with E-state index >= 15 is 0 Å². The van der Waals surface area contributed by atoms with E-state index in [1.807, 2.05) is 18.2 Å². The van der Waals surface area contributed by atoms with Gasteiger partial charge in [-0.3, -0.25) is 4.79 Å². The molecule has 0 unspecified atom stereocenters. The molecule has 0 atom stereocenters. The van der Waals surface area contributed by atoms with Gasteiger partial charge in [0.2, 0.25) is 0 Å². The fraction of sp³-hybridized carbons (Fsp3) is 0.364. The van der Waals surface area contributed by atoms with Crippen LogP contribution >= 0.6 is 27.5 Å². The molecule has 0 amide bonds. The Kier molecular flexibility index (Phi) is 2.77. The molecule has 0 aromatic heterocycles. The SMILES string of the molecule is O=C(O)CC1(c2ccc(Br)cc2Cl)CC1. The van der Waals surface area contributed by atoms with Crippen LogP contribution in [0, 0.1) is 0 Å². The molecular formula is C11H10BrClO2. The fourth-order valence-corrected chi connectivity index (χ4v) is 2.78. The number of carbonyl (C=O) groups is 1. The first-order chi connectivity index (χ1) is 7.03. The zero-order valence-electron chi connectivity index (χ0n) is 7.96. The molecule has 2 nitrogen and oxygen atoms in total. The Morgan fingerprint density at radius 2 is 2.20 bits per heavy atom. The van der Waals surface area contributed by atoms with E-state index in [1.165, 1.54) is 0 Å². The van der Waals surface area contributed by atoms with Crippen LogP contribution in [0.4, 0.5) is 0 Å². The van der Waals surface area contributed by atoms with Gasteiger partial charge >= 0.3 is 5.97 Å². The van der Waals surface area contributed by atoms with Gasteiger partial charge in [0.15, 0.2) is 0 Å². The van der Waals surface area contributed by atoms with Crippen molar-refractivity contribution in [1.82, 2.24) is 0 Å². The van der Waals surface area contributed by atoms with Crippen molar-refractivity contribution in [1.29, 1.82) is 0 Å². The van der Waals surface area contributed by atoms with Crippen molar-refractivity contribution in [3.63, 3.8) is 0 Å². The van der Waals surface area contributed by atoms with E-state index in [9.17, 15) is 4.79 Å². The van der Waals surface area contributed by atoms with Crippen LogP contribution in [0.15, 0.2) is 22.7 Å². The molecule has 1 fully saturated rings. The summed E-state index contributed by atoms with van der Waals surface area (Å²) < 4.78 is 0.919. The lowest BCUT2D eigenvalue weighted by Gasteiger charge is -2.14. The van der Waals surface area contributed by atoms with Gasteiger partial charge in [-0.1, -0.05) is 33.6 Å². The van der Waals surface area contributed by atoms with Gasteiger partial charge < -0.3 is 5.11 Å². The minimum atomic E-state index is -0.758. The van der Waals surface area contributed by atoms with E-state index in [0.29, 0.717) is 5.02 Å². The summed E-state index contributed by atoms with van der Waals surface area (Å²) in [5.41, 5.74) is 0.763. The topological polar surface area (TPSA) is 37.3 Å². The summed E-state index contributed by atoms with van der Waals surface area (Å²) >= 11 is 9.45. The highest BCUT2D eigenvalue weighted by Gasteiger charge is 2.47. The molecule has 15 heavy (non-hydrogen) atoms. The number of rotatable bonds is 3. The number of hydrogen-bond acceptors (Lipinski definition) is 1. The molecule has 0 radical (unpaired) electrons. The Labute approximate surface area is 101 Å². The number of carboxylic acids is 1. The largest absolute Gasteiger partial charge is 0.481 e. The van der Waals surface area contributed by atoms with Crippen LogP contribution in [0.1, 0.15) is 24.8 Å². The lowest BCUT2D eigenvalue weighted by Crippen LogP contribution is -2.13. The van der Waals surface area contributed by atoms with Crippen molar-refractivity contribution in [2.24, 2.45) is 0 Å². The summed E-state index contributed by atoms with van der Waals surface area (Å²) in [4.78, 5) is 10.8. The third kappa shape index (κ3) is 2.18. The lowest BCUT2D eigenvalue weighted by atomic mass is 9.92.